The van der Waals surface area contributed by atoms with Gasteiger partial charge < -0.3 is 5.32 Å². The van der Waals surface area contributed by atoms with Crippen molar-refractivity contribution in [3.05, 3.63) is 30.1 Å². The van der Waals surface area contributed by atoms with Gasteiger partial charge in [-0.15, -0.1) is 6.58 Å². The van der Waals surface area contributed by atoms with E-state index in [1.807, 2.05) is 6.08 Å². The van der Waals surface area contributed by atoms with Gasteiger partial charge in [-0.3, -0.25) is 4.68 Å². The number of hydrogen-bond donors (Lipinski definition) is 1. The van der Waals surface area contributed by atoms with Crippen molar-refractivity contribution in [2.75, 3.05) is 13.1 Å². The molecule has 0 radical (unpaired) electrons. The Kier molecular flexibility index (Phi) is 3.84. The second-order valence-corrected chi connectivity index (χ2v) is 2.85. The van der Waals surface area contributed by atoms with Crippen LogP contribution in [0.25, 0.3) is 0 Å². The van der Waals surface area contributed by atoms with Crippen molar-refractivity contribution in [2.45, 2.75) is 6.54 Å². The van der Waals surface area contributed by atoms with E-state index in [9.17, 15) is 0 Å². The van der Waals surface area contributed by atoms with Gasteiger partial charge in [-0.05, 0) is 0 Å². The highest BCUT2D eigenvalue weighted by Gasteiger charge is 1.93. The van der Waals surface area contributed by atoms with Crippen LogP contribution in [0.3, 0.4) is 0 Å². The molecule has 1 heterocycles. The van der Waals surface area contributed by atoms with Crippen molar-refractivity contribution in [1.82, 2.24) is 15.1 Å². The number of halogens is 1. The minimum Gasteiger partial charge on any atom is -0.311 e. The molecule has 0 unspecified atom stereocenters. The summed E-state index contributed by atoms with van der Waals surface area (Å²) in [5.41, 5.74) is 0. The van der Waals surface area contributed by atoms with Gasteiger partial charge in [0.25, 0.3) is 0 Å². The Balaban J connectivity index is 2.19. The van der Waals surface area contributed by atoms with Crippen LogP contribution >= 0.6 is 11.6 Å². The lowest BCUT2D eigenvalue weighted by Crippen LogP contribution is -2.19. The molecule has 1 N–H and O–H groups in total. The van der Waals surface area contributed by atoms with Gasteiger partial charge in [-0.1, -0.05) is 17.7 Å². The van der Waals surface area contributed by atoms with Gasteiger partial charge in [0.05, 0.1) is 17.8 Å². The van der Waals surface area contributed by atoms with Crippen molar-refractivity contribution in [3.63, 3.8) is 0 Å². The highest BCUT2D eigenvalue weighted by atomic mass is 35.5. The zero-order valence-electron chi connectivity index (χ0n) is 6.83. The fourth-order valence-electron chi connectivity index (χ4n) is 0.858. The number of rotatable bonds is 5. The molecule has 12 heavy (non-hydrogen) atoms. The average Bonchev–Trinajstić information content (AvgIpc) is 2.45. The van der Waals surface area contributed by atoms with Gasteiger partial charge in [0, 0.05) is 19.3 Å². The molecule has 66 valence electrons. The zero-order valence-corrected chi connectivity index (χ0v) is 7.59. The van der Waals surface area contributed by atoms with Crippen molar-refractivity contribution < 1.29 is 0 Å². The zero-order chi connectivity index (χ0) is 8.81. The largest absolute Gasteiger partial charge is 0.311 e. The van der Waals surface area contributed by atoms with Crippen LogP contribution in [-0.2, 0) is 6.54 Å². The van der Waals surface area contributed by atoms with E-state index in [1.54, 1.807) is 17.1 Å². The predicted octanol–water partition coefficient (Wildman–Crippen LogP) is 1.31. The molecule has 0 bridgehead atoms. The topological polar surface area (TPSA) is 29.9 Å². The highest BCUT2D eigenvalue weighted by molar-refractivity contribution is 6.30. The first kappa shape index (κ1) is 9.29. The summed E-state index contributed by atoms with van der Waals surface area (Å²) in [5, 5.41) is 7.88. The number of aromatic nitrogens is 2. The molecule has 0 fully saturated rings. The summed E-state index contributed by atoms with van der Waals surface area (Å²) in [6.45, 7) is 6.14. The molecule has 1 rings (SSSR count). The Morgan fingerprint density at radius 2 is 2.58 bits per heavy atom. The van der Waals surface area contributed by atoms with Gasteiger partial charge in [0.15, 0.2) is 0 Å². The first-order valence-corrected chi connectivity index (χ1v) is 4.20. The van der Waals surface area contributed by atoms with Gasteiger partial charge in [-0.25, -0.2) is 0 Å². The van der Waals surface area contributed by atoms with Crippen LogP contribution in [0.5, 0.6) is 0 Å². The van der Waals surface area contributed by atoms with Gasteiger partial charge in [0.1, 0.15) is 0 Å². The first-order chi connectivity index (χ1) is 5.83. The summed E-state index contributed by atoms with van der Waals surface area (Å²) < 4.78 is 1.80. The third kappa shape index (κ3) is 3.07. The SMILES string of the molecule is C=CCNCCn1cc(Cl)cn1. The van der Waals surface area contributed by atoms with Crippen LogP contribution in [0, 0.1) is 0 Å². The summed E-state index contributed by atoms with van der Waals surface area (Å²) >= 11 is 5.68. The van der Waals surface area contributed by atoms with E-state index in [4.69, 9.17) is 11.6 Å². The van der Waals surface area contributed by atoms with E-state index < -0.39 is 0 Å². The molecule has 0 aliphatic heterocycles. The fraction of sp³-hybridized carbons (Fsp3) is 0.375. The van der Waals surface area contributed by atoms with E-state index in [0.717, 1.165) is 19.6 Å². The number of nitrogens with one attached hydrogen (secondary N) is 1. The summed E-state index contributed by atoms with van der Waals surface area (Å²) in [7, 11) is 0. The van der Waals surface area contributed by atoms with E-state index in [2.05, 4.69) is 17.0 Å². The van der Waals surface area contributed by atoms with E-state index in [-0.39, 0.29) is 0 Å². The monoisotopic (exact) mass is 185 g/mol. The van der Waals surface area contributed by atoms with Crippen LogP contribution < -0.4 is 5.32 Å². The summed E-state index contributed by atoms with van der Waals surface area (Å²) in [4.78, 5) is 0. The average molecular weight is 186 g/mol. The maximum absolute atomic E-state index is 5.68. The molecule has 0 saturated carbocycles. The molecule has 0 aromatic carbocycles. The van der Waals surface area contributed by atoms with E-state index >= 15 is 0 Å². The Hall–Kier alpha value is -0.800. The summed E-state index contributed by atoms with van der Waals surface area (Å²) in [6.07, 6.45) is 5.27. The van der Waals surface area contributed by atoms with Crippen molar-refractivity contribution in [2.24, 2.45) is 0 Å². The molecule has 0 spiro atoms. The first-order valence-electron chi connectivity index (χ1n) is 3.82. The van der Waals surface area contributed by atoms with Gasteiger partial charge in [0.2, 0.25) is 0 Å². The molecule has 4 heteroatoms. The van der Waals surface area contributed by atoms with Crippen molar-refractivity contribution in [1.29, 1.82) is 0 Å². The smallest absolute Gasteiger partial charge is 0.0785 e. The molecular weight excluding hydrogens is 174 g/mol. The number of hydrogen-bond acceptors (Lipinski definition) is 2. The van der Waals surface area contributed by atoms with Crippen molar-refractivity contribution >= 4 is 11.6 Å². The standard InChI is InChI=1S/C8H12ClN3/c1-2-3-10-4-5-12-7-8(9)6-11-12/h2,6-7,10H,1,3-5H2. The fourth-order valence-corrected chi connectivity index (χ4v) is 1.01. The lowest BCUT2D eigenvalue weighted by atomic mass is 10.5. The van der Waals surface area contributed by atoms with Crippen LogP contribution in [0.1, 0.15) is 0 Å². The van der Waals surface area contributed by atoms with Crippen LogP contribution in [0.15, 0.2) is 25.0 Å². The van der Waals surface area contributed by atoms with E-state index in [0.29, 0.717) is 5.02 Å². The Labute approximate surface area is 77.0 Å². The molecular formula is C8H12ClN3. The second kappa shape index (κ2) is 4.95. The summed E-state index contributed by atoms with van der Waals surface area (Å²) in [6, 6.07) is 0. The molecule has 3 nitrogen and oxygen atoms in total. The normalized spacial score (nSPS) is 10.1. The lowest BCUT2D eigenvalue weighted by Gasteiger charge is -2.00. The third-order valence-corrected chi connectivity index (χ3v) is 1.60. The Morgan fingerprint density at radius 3 is 3.17 bits per heavy atom. The maximum atomic E-state index is 5.68. The summed E-state index contributed by atoms with van der Waals surface area (Å²) in [5.74, 6) is 0. The molecule has 0 aliphatic rings. The van der Waals surface area contributed by atoms with E-state index in [1.165, 1.54) is 0 Å². The Bertz CT molecular complexity index is 244. The van der Waals surface area contributed by atoms with Crippen LogP contribution in [0.2, 0.25) is 5.02 Å². The maximum Gasteiger partial charge on any atom is 0.0785 e. The minimum atomic E-state index is 0.679. The number of nitrogens with zero attached hydrogens (tertiary/aromatic N) is 2. The minimum absolute atomic E-state index is 0.679. The van der Waals surface area contributed by atoms with Crippen LogP contribution in [0.4, 0.5) is 0 Å². The quantitative estimate of drug-likeness (QED) is 0.554. The lowest BCUT2D eigenvalue weighted by molar-refractivity contribution is 0.573. The molecule has 0 amide bonds. The molecule has 1 aromatic rings. The van der Waals surface area contributed by atoms with Crippen molar-refractivity contribution in [3.8, 4) is 0 Å². The van der Waals surface area contributed by atoms with Gasteiger partial charge >= 0.3 is 0 Å². The third-order valence-electron chi connectivity index (χ3n) is 1.41. The molecule has 1 aromatic heterocycles. The second-order valence-electron chi connectivity index (χ2n) is 2.41. The molecule has 0 atom stereocenters. The highest BCUT2D eigenvalue weighted by Crippen LogP contribution is 2.03. The van der Waals surface area contributed by atoms with Crippen LogP contribution in [-0.4, -0.2) is 22.9 Å². The molecule has 0 saturated heterocycles. The van der Waals surface area contributed by atoms with Gasteiger partial charge in [-0.2, -0.15) is 5.10 Å². The predicted molar refractivity (Wildman–Crippen MR) is 50.3 cm³/mol. The Morgan fingerprint density at radius 1 is 1.75 bits per heavy atom. The molecule has 0 aliphatic carbocycles.